The highest BCUT2D eigenvalue weighted by Crippen LogP contribution is 2.25. The van der Waals surface area contributed by atoms with Gasteiger partial charge in [0.2, 0.25) is 5.91 Å². The number of piperidine rings is 1. The normalized spacial score (nSPS) is 17.0. The van der Waals surface area contributed by atoms with Crippen LogP contribution in [0.15, 0.2) is 48.5 Å². The lowest BCUT2D eigenvalue weighted by molar-refractivity contribution is -0.142. The van der Waals surface area contributed by atoms with Gasteiger partial charge in [0.15, 0.2) is 6.61 Å². The SMILES string of the molecule is O=C(COc1ccc(Cl)cc1)N1CCC(C(=O)N2CCc3ccccc3C2)CC1. The number of hydrogen-bond donors (Lipinski definition) is 0. The third-order valence-electron chi connectivity index (χ3n) is 5.82. The maximum Gasteiger partial charge on any atom is 0.260 e. The number of likely N-dealkylation sites (tertiary alicyclic amines) is 1. The van der Waals surface area contributed by atoms with Crippen LogP contribution in [-0.4, -0.2) is 47.9 Å². The molecule has 5 nitrogen and oxygen atoms in total. The average molecular weight is 413 g/mol. The smallest absolute Gasteiger partial charge is 0.260 e. The van der Waals surface area contributed by atoms with Crippen molar-refractivity contribution < 1.29 is 14.3 Å². The Balaban J connectivity index is 1.25. The number of ether oxygens (including phenoxy) is 1. The van der Waals surface area contributed by atoms with Gasteiger partial charge >= 0.3 is 0 Å². The zero-order valence-corrected chi connectivity index (χ0v) is 17.1. The first kappa shape index (κ1) is 19.8. The molecular weight excluding hydrogens is 388 g/mol. The summed E-state index contributed by atoms with van der Waals surface area (Å²) in [7, 11) is 0. The molecule has 0 aromatic heterocycles. The minimum atomic E-state index is -0.0438. The first-order valence-corrected chi connectivity index (χ1v) is 10.5. The van der Waals surface area contributed by atoms with Crippen LogP contribution in [0.1, 0.15) is 24.0 Å². The number of fused-ring (bicyclic) bond motifs is 1. The standard InChI is InChI=1S/C23H25ClN2O3/c24-20-5-7-21(8-6-20)29-16-22(27)25-12-10-18(11-13-25)23(28)26-14-9-17-3-1-2-4-19(17)15-26/h1-8,18H,9-16H2. The number of carbonyl (C=O) groups excluding carboxylic acids is 2. The van der Waals surface area contributed by atoms with E-state index in [1.54, 1.807) is 29.2 Å². The molecule has 2 aromatic carbocycles. The predicted molar refractivity (Wildman–Crippen MR) is 112 cm³/mol. The summed E-state index contributed by atoms with van der Waals surface area (Å²) in [4.78, 5) is 29.2. The molecule has 0 N–H and O–H groups in total. The lowest BCUT2D eigenvalue weighted by Gasteiger charge is -2.36. The minimum absolute atomic E-state index is 0.00139. The van der Waals surface area contributed by atoms with Crippen LogP contribution >= 0.6 is 11.6 Å². The van der Waals surface area contributed by atoms with Crippen molar-refractivity contribution >= 4 is 23.4 Å². The Morgan fingerprint density at radius 1 is 0.931 bits per heavy atom. The minimum Gasteiger partial charge on any atom is -0.484 e. The fourth-order valence-electron chi connectivity index (χ4n) is 4.09. The van der Waals surface area contributed by atoms with Crippen molar-refractivity contribution in [2.24, 2.45) is 5.92 Å². The fourth-order valence-corrected chi connectivity index (χ4v) is 4.21. The van der Waals surface area contributed by atoms with E-state index in [0.29, 0.717) is 43.2 Å². The van der Waals surface area contributed by atoms with Gasteiger partial charge in [0, 0.05) is 37.1 Å². The van der Waals surface area contributed by atoms with E-state index in [4.69, 9.17) is 16.3 Å². The molecule has 29 heavy (non-hydrogen) atoms. The van der Waals surface area contributed by atoms with Gasteiger partial charge in [-0.3, -0.25) is 9.59 Å². The van der Waals surface area contributed by atoms with Gasteiger partial charge in [-0.15, -0.1) is 0 Å². The van der Waals surface area contributed by atoms with Gasteiger partial charge in [-0.2, -0.15) is 0 Å². The lowest BCUT2D eigenvalue weighted by Crippen LogP contribution is -2.46. The molecule has 0 atom stereocenters. The van der Waals surface area contributed by atoms with Crippen molar-refractivity contribution in [3.05, 3.63) is 64.7 Å². The van der Waals surface area contributed by atoms with E-state index in [0.717, 1.165) is 13.0 Å². The Labute approximate surface area is 176 Å². The quantitative estimate of drug-likeness (QED) is 0.771. The van der Waals surface area contributed by atoms with Gasteiger partial charge < -0.3 is 14.5 Å². The molecule has 0 bridgehead atoms. The van der Waals surface area contributed by atoms with Gasteiger partial charge in [0.25, 0.3) is 5.91 Å². The monoisotopic (exact) mass is 412 g/mol. The lowest BCUT2D eigenvalue weighted by atomic mass is 9.93. The second kappa shape index (κ2) is 8.87. The van der Waals surface area contributed by atoms with Crippen molar-refractivity contribution in [3.8, 4) is 5.75 Å². The van der Waals surface area contributed by atoms with Crippen molar-refractivity contribution in [3.63, 3.8) is 0 Å². The summed E-state index contributed by atoms with van der Waals surface area (Å²) >= 11 is 5.85. The van der Waals surface area contributed by atoms with E-state index >= 15 is 0 Å². The molecule has 2 aromatic rings. The zero-order chi connectivity index (χ0) is 20.2. The van der Waals surface area contributed by atoms with Crippen molar-refractivity contribution in [1.82, 2.24) is 9.80 Å². The maximum atomic E-state index is 13.0. The number of rotatable bonds is 4. The largest absolute Gasteiger partial charge is 0.484 e. The molecule has 0 spiro atoms. The third kappa shape index (κ3) is 4.73. The van der Waals surface area contributed by atoms with Gasteiger partial charge in [0.1, 0.15) is 5.75 Å². The van der Waals surface area contributed by atoms with Crippen molar-refractivity contribution in [2.75, 3.05) is 26.2 Å². The zero-order valence-electron chi connectivity index (χ0n) is 16.4. The van der Waals surface area contributed by atoms with Gasteiger partial charge in [-0.25, -0.2) is 0 Å². The highest BCUT2D eigenvalue weighted by Gasteiger charge is 2.31. The highest BCUT2D eigenvalue weighted by atomic mass is 35.5. The first-order chi connectivity index (χ1) is 14.1. The number of benzene rings is 2. The summed E-state index contributed by atoms with van der Waals surface area (Å²) in [5.41, 5.74) is 2.59. The molecule has 152 valence electrons. The Morgan fingerprint density at radius 3 is 2.34 bits per heavy atom. The van der Waals surface area contributed by atoms with Crippen LogP contribution in [0, 0.1) is 5.92 Å². The van der Waals surface area contributed by atoms with Crippen LogP contribution in [0.5, 0.6) is 5.75 Å². The molecule has 1 fully saturated rings. The van der Waals surface area contributed by atoms with E-state index in [2.05, 4.69) is 18.2 Å². The van der Waals surface area contributed by atoms with E-state index in [9.17, 15) is 9.59 Å². The Kier molecular flexibility index (Phi) is 6.05. The summed E-state index contributed by atoms with van der Waals surface area (Å²) in [6, 6.07) is 15.3. The van der Waals surface area contributed by atoms with Crippen molar-refractivity contribution in [2.45, 2.75) is 25.8 Å². The molecule has 4 rings (SSSR count). The highest BCUT2D eigenvalue weighted by molar-refractivity contribution is 6.30. The molecule has 2 heterocycles. The van der Waals surface area contributed by atoms with E-state index in [-0.39, 0.29) is 24.3 Å². The van der Waals surface area contributed by atoms with Crippen LogP contribution < -0.4 is 4.74 Å². The third-order valence-corrected chi connectivity index (χ3v) is 6.07. The van der Waals surface area contributed by atoms with E-state index in [1.165, 1.54) is 11.1 Å². The Bertz CT molecular complexity index is 876. The number of carbonyl (C=O) groups is 2. The number of amides is 2. The van der Waals surface area contributed by atoms with E-state index in [1.807, 2.05) is 11.0 Å². The van der Waals surface area contributed by atoms with Crippen LogP contribution in [0.4, 0.5) is 0 Å². The summed E-state index contributed by atoms with van der Waals surface area (Å²) < 4.78 is 5.55. The van der Waals surface area contributed by atoms with Gasteiger partial charge in [0.05, 0.1) is 0 Å². The van der Waals surface area contributed by atoms with Gasteiger partial charge in [-0.05, 0) is 54.7 Å². The topological polar surface area (TPSA) is 49.9 Å². The van der Waals surface area contributed by atoms with Crippen LogP contribution in [0.2, 0.25) is 5.02 Å². The molecule has 2 aliphatic rings. The summed E-state index contributed by atoms with van der Waals surface area (Å²) in [6.07, 6.45) is 2.34. The van der Waals surface area contributed by atoms with Crippen molar-refractivity contribution in [1.29, 1.82) is 0 Å². The van der Waals surface area contributed by atoms with Crippen LogP contribution in [0.3, 0.4) is 0 Å². The second-order valence-corrected chi connectivity index (χ2v) is 8.11. The molecule has 0 aliphatic carbocycles. The summed E-state index contributed by atoms with van der Waals surface area (Å²) in [5, 5.41) is 0.632. The molecule has 2 aliphatic heterocycles. The van der Waals surface area contributed by atoms with Gasteiger partial charge in [-0.1, -0.05) is 35.9 Å². The number of hydrogen-bond acceptors (Lipinski definition) is 3. The molecule has 0 unspecified atom stereocenters. The Hall–Kier alpha value is -2.53. The maximum absolute atomic E-state index is 13.0. The summed E-state index contributed by atoms with van der Waals surface area (Å²) in [6.45, 7) is 2.68. The second-order valence-electron chi connectivity index (χ2n) is 7.68. The molecule has 6 heteroatoms. The van der Waals surface area contributed by atoms with E-state index < -0.39 is 0 Å². The predicted octanol–water partition coefficient (Wildman–Crippen LogP) is 3.54. The Morgan fingerprint density at radius 2 is 1.62 bits per heavy atom. The molecule has 2 amide bonds. The first-order valence-electron chi connectivity index (χ1n) is 10.1. The molecule has 1 saturated heterocycles. The molecule has 0 saturated carbocycles. The molecule has 0 radical (unpaired) electrons. The van der Waals surface area contributed by atoms with Crippen LogP contribution in [0.25, 0.3) is 0 Å². The summed E-state index contributed by atoms with van der Waals surface area (Å²) in [5.74, 6) is 0.807. The molecular formula is C23H25ClN2O3. The average Bonchev–Trinajstić information content (AvgIpc) is 2.78. The van der Waals surface area contributed by atoms with Crippen LogP contribution in [-0.2, 0) is 22.6 Å². The fraction of sp³-hybridized carbons (Fsp3) is 0.391. The number of halogens is 1. The number of nitrogens with zero attached hydrogens (tertiary/aromatic N) is 2.